The van der Waals surface area contributed by atoms with Gasteiger partial charge < -0.3 is 14.8 Å². The van der Waals surface area contributed by atoms with Gasteiger partial charge >= 0.3 is 0 Å². The molecule has 1 aromatic heterocycles. The highest BCUT2D eigenvalue weighted by atomic mass is 79.9. The Labute approximate surface area is 136 Å². The standard InChI is InChI=1S/C15H16BrNO3S/c1-19-11-7-10(8-12(9-11)20-2)15(18)17-6-5-13-3-4-14(16)21-13/h3-4,7-9H,5-6H2,1-2H3,(H,17,18). The summed E-state index contributed by atoms with van der Waals surface area (Å²) < 4.78 is 11.4. The number of carbonyl (C=O) groups is 1. The topological polar surface area (TPSA) is 47.6 Å². The van der Waals surface area contributed by atoms with Crippen LogP contribution < -0.4 is 14.8 Å². The summed E-state index contributed by atoms with van der Waals surface area (Å²) in [6.07, 6.45) is 0.809. The van der Waals surface area contributed by atoms with Crippen LogP contribution in [0.25, 0.3) is 0 Å². The van der Waals surface area contributed by atoms with Crippen molar-refractivity contribution in [1.82, 2.24) is 5.32 Å². The van der Waals surface area contributed by atoms with Gasteiger partial charge in [-0.05, 0) is 46.6 Å². The molecule has 2 aromatic rings. The van der Waals surface area contributed by atoms with Gasteiger partial charge in [0.05, 0.1) is 18.0 Å². The van der Waals surface area contributed by atoms with Crippen LogP contribution >= 0.6 is 27.3 Å². The summed E-state index contributed by atoms with van der Waals surface area (Å²) in [6.45, 7) is 0.589. The summed E-state index contributed by atoms with van der Waals surface area (Å²) in [7, 11) is 3.12. The lowest BCUT2D eigenvalue weighted by atomic mass is 10.2. The van der Waals surface area contributed by atoms with Crippen LogP contribution in [0.5, 0.6) is 11.5 Å². The van der Waals surface area contributed by atoms with Crippen LogP contribution in [-0.4, -0.2) is 26.7 Å². The Morgan fingerprint density at radius 3 is 2.38 bits per heavy atom. The molecule has 0 saturated heterocycles. The van der Waals surface area contributed by atoms with Crippen LogP contribution in [0.2, 0.25) is 0 Å². The van der Waals surface area contributed by atoms with Gasteiger partial charge in [0.1, 0.15) is 11.5 Å². The highest BCUT2D eigenvalue weighted by molar-refractivity contribution is 9.11. The van der Waals surface area contributed by atoms with Crippen molar-refractivity contribution in [2.24, 2.45) is 0 Å². The molecule has 0 saturated carbocycles. The number of benzene rings is 1. The van der Waals surface area contributed by atoms with Crippen molar-refractivity contribution < 1.29 is 14.3 Å². The number of ether oxygens (including phenoxy) is 2. The first-order valence-electron chi connectivity index (χ1n) is 6.38. The lowest BCUT2D eigenvalue weighted by molar-refractivity contribution is 0.0953. The summed E-state index contributed by atoms with van der Waals surface area (Å²) in [6, 6.07) is 9.18. The Balaban J connectivity index is 1.96. The van der Waals surface area contributed by atoms with E-state index >= 15 is 0 Å². The number of halogens is 1. The minimum Gasteiger partial charge on any atom is -0.497 e. The zero-order chi connectivity index (χ0) is 15.2. The molecule has 0 bridgehead atoms. The second kappa shape index (κ2) is 7.47. The number of amides is 1. The summed E-state index contributed by atoms with van der Waals surface area (Å²) in [5, 5.41) is 2.90. The predicted molar refractivity (Wildman–Crippen MR) is 87.6 cm³/mol. The maximum atomic E-state index is 12.1. The molecule has 112 valence electrons. The molecule has 0 unspecified atom stereocenters. The van der Waals surface area contributed by atoms with Gasteiger partial charge in [0, 0.05) is 23.1 Å². The van der Waals surface area contributed by atoms with Gasteiger partial charge in [0.2, 0.25) is 0 Å². The average Bonchev–Trinajstić information content (AvgIpc) is 2.92. The molecule has 4 nitrogen and oxygen atoms in total. The molecule has 1 aromatic carbocycles. The number of rotatable bonds is 6. The number of thiophene rings is 1. The molecule has 6 heteroatoms. The smallest absolute Gasteiger partial charge is 0.251 e. The number of hydrogen-bond acceptors (Lipinski definition) is 4. The highest BCUT2D eigenvalue weighted by Crippen LogP contribution is 2.23. The van der Waals surface area contributed by atoms with Crippen LogP contribution in [0.15, 0.2) is 34.1 Å². The number of carbonyl (C=O) groups excluding carboxylic acids is 1. The van der Waals surface area contributed by atoms with E-state index in [-0.39, 0.29) is 5.91 Å². The van der Waals surface area contributed by atoms with Crippen molar-refractivity contribution in [2.75, 3.05) is 20.8 Å². The quantitative estimate of drug-likeness (QED) is 0.847. The first-order valence-corrected chi connectivity index (χ1v) is 7.99. The van der Waals surface area contributed by atoms with Crippen molar-refractivity contribution in [3.63, 3.8) is 0 Å². The van der Waals surface area contributed by atoms with E-state index < -0.39 is 0 Å². The van der Waals surface area contributed by atoms with E-state index in [1.807, 2.05) is 6.07 Å². The van der Waals surface area contributed by atoms with Crippen molar-refractivity contribution in [2.45, 2.75) is 6.42 Å². The predicted octanol–water partition coefficient (Wildman–Crippen LogP) is 3.50. The molecule has 21 heavy (non-hydrogen) atoms. The molecule has 0 aliphatic rings. The monoisotopic (exact) mass is 369 g/mol. The minimum atomic E-state index is -0.136. The van der Waals surface area contributed by atoms with Crippen LogP contribution in [0.4, 0.5) is 0 Å². The molecule has 0 radical (unpaired) electrons. The van der Waals surface area contributed by atoms with E-state index in [1.165, 1.54) is 4.88 Å². The van der Waals surface area contributed by atoms with Crippen LogP contribution in [0.3, 0.4) is 0 Å². The van der Waals surface area contributed by atoms with Gasteiger partial charge in [-0.15, -0.1) is 11.3 Å². The molecule has 0 atom stereocenters. The lowest BCUT2D eigenvalue weighted by Crippen LogP contribution is -2.25. The van der Waals surface area contributed by atoms with Crippen molar-refractivity contribution in [3.8, 4) is 11.5 Å². The third kappa shape index (κ3) is 4.47. The van der Waals surface area contributed by atoms with Gasteiger partial charge in [-0.2, -0.15) is 0 Å². The molecule has 0 aliphatic heterocycles. The number of methoxy groups -OCH3 is 2. The first-order chi connectivity index (χ1) is 10.1. The maximum Gasteiger partial charge on any atom is 0.251 e. The van der Waals surface area contributed by atoms with Gasteiger partial charge in [-0.25, -0.2) is 0 Å². The molecule has 2 rings (SSSR count). The summed E-state index contributed by atoms with van der Waals surface area (Å²) in [5.74, 6) is 1.06. The third-order valence-electron chi connectivity index (χ3n) is 2.90. The normalized spacial score (nSPS) is 10.2. The van der Waals surface area contributed by atoms with E-state index in [9.17, 15) is 4.79 Å². The fraction of sp³-hybridized carbons (Fsp3) is 0.267. The molecular formula is C15H16BrNO3S. The van der Waals surface area contributed by atoms with Gasteiger partial charge in [-0.1, -0.05) is 0 Å². The maximum absolute atomic E-state index is 12.1. The van der Waals surface area contributed by atoms with E-state index in [1.54, 1.807) is 43.8 Å². The Bertz CT molecular complexity index is 605. The minimum absolute atomic E-state index is 0.136. The average molecular weight is 370 g/mol. The molecule has 1 amide bonds. The molecule has 0 spiro atoms. The third-order valence-corrected chi connectivity index (χ3v) is 4.58. The van der Waals surface area contributed by atoms with E-state index in [0.717, 1.165) is 10.2 Å². The van der Waals surface area contributed by atoms with E-state index in [0.29, 0.717) is 23.6 Å². The first kappa shape index (κ1) is 15.9. The molecule has 1 heterocycles. The SMILES string of the molecule is COc1cc(OC)cc(C(=O)NCCc2ccc(Br)s2)c1. The Kier molecular flexibility index (Phi) is 5.64. The zero-order valence-electron chi connectivity index (χ0n) is 11.8. The van der Waals surface area contributed by atoms with Crippen molar-refractivity contribution >= 4 is 33.2 Å². The Hall–Kier alpha value is -1.53. The van der Waals surface area contributed by atoms with Crippen molar-refractivity contribution in [1.29, 1.82) is 0 Å². The molecule has 0 fully saturated rings. The highest BCUT2D eigenvalue weighted by Gasteiger charge is 2.09. The van der Waals surface area contributed by atoms with Crippen LogP contribution in [0.1, 0.15) is 15.2 Å². The zero-order valence-corrected chi connectivity index (χ0v) is 14.2. The summed E-state index contributed by atoms with van der Waals surface area (Å²) in [4.78, 5) is 13.4. The van der Waals surface area contributed by atoms with E-state index in [4.69, 9.17) is 9.47 Å². The van der Waals surface area contributed by atoms with Gasteiger partial charge in [0.25, 0.3) is 5.91 Å². The number of hydrogen-bond donors (Lipinski definition) is 1. The fourth-order valence-corrected chi connectivity index (χ4v) is 3.31. The molecular weight excluding hydrogens is 354 g/mol. The van der Waals surface area contributed by atoms with Gasteiger partial charge in [0.15, 0.2) is 0 Å². The second-order valence-corrected chi connectivity index (χ2v) is 6.86. The lowest BCUT2D eigenvalue weighted by Gasteiger charge is -2.09. The van der Waals surface area contributed by atoms with Gasteiger partial charge in [-0.3, -0.25) is 4.79 Å². The van der Waals surface area contributed by atoms with E-state index in [2.05, 4.69) is 27.3 Å². The largest absolute Gasteiger partial charge is 0.497 e. The second-order valence-electron chi connectivity index (χ2n) is 4.31. The molecule has 0 aliphatic carbocycles. The summed E-state index contributed by atoms with van der Waals surface area (Å²) in [5.41, 5.74) is 0.526. The Morgan fingerprint density at radius 2 is 1.86 bits per heavy atom. The van der Waals surface area contributed by atoms with Crippen molar-refractivity contribution in [3.05, 3.63) is 44.6 Å². The van der Waals surface area contributed by atoms with Crippen LogP contribution in [-0.2, 0) is 6.42 Å². The Morgan fingerprint density at radius 1 is 1.19 bits per heavy atom. The summed E-state index contributed by atoms with van der Waals surface area (Å²) >= 11 is 5.10. The number of nitrogens with one attached hydrogen (secondary N) is 1. The van der Waals surface area contributed by atoms with Crippen LogP contribution in [0, 0.1) is 0 Å². The molecule has 1 N–H and O–H groups in total. The fourth-order valence-electron chi connectivity index (χ4n) is 1.83.